The van der Waals surface area contributed by atoms with Gasteiger partial charge in [0.15, 0.2) is 0 Å². The van der Waals surface area contributed by atoms with Gasteiger partial charge in [-0.1, -0.05) is 24.3 Å². The van der Waals surface area contributed by atoms with Crippen LogP contribution in [0.3, 0.4) is 0 Å². The Kier molecular flexibility index (Phi) is 5.81. The molecule has 1 atom stereocenters. The van der Waals surface area contributed by atoms with Crippen LogP contribution in [0.5, 0.6) is 0 Å². The summed E-state index contributed by atoms with van der Waals surface area (Å²) in [5, 5.41) is 5.13. The van der Waals surface area contributed by atoms with Gasteiger partial charge < -0.3 is 10.2 Å². The van der Waals surface area contributed by atoms with Crippen molar-refractivity contribution >= 4 is 23.2 Å². The minimum absolute atomic E-state index is 0.00698. The second kappa shape index (κ2) is 8.48. The fourth-order valence-electron chi connectivity index (χ4n) is 4.34. The van der Waals surface area contributed by atoms with E-state index in [2.05, 4.69) is 30.4 Å². The molecule has 1 aromatic carbocycles. The number of likely N-dealkylation sites (tertiary alicyclic amines) is 1. The molecular weight excluding hydrogens is 368 g/mol. The van der Waals surface area contributed by atoms with E-state index >= 15 is 0 Å². The van der Waals surface area contributed by atoms with Crippen LogP contribution in [-0.2, 0) is 17.6 Å². The molecule has 0 radical (unpaired) electrons. The number of hydrogen-bond acceptors (Lipinski definition) is 3. The third-order valence-electron chi connectivity index (χ3n) is 6.12. The molecule has 1 aliphatic heterocycles. The van der Waals surface area contributed by atoms with E-state index in [-0.39, 0.29) is 23.8 Å². The number of nitrogens with zero attached hydrogens (tertiary/aromatic N) is 1. The highest BCUT2D eigenvalue weighted by Gasteiger charge is 2.29. The third-order valence-corrected chi connectivity index (χ3v) is 6.97. The van der Waals surface area contributed by atoms with Crippen molar-refractivity contribution in [2.45, 2.75) is 51.5 Å². The Morgan fingerprint density at radius 3 is 2.57 bits per heavy atom. The van der Waals surface area contributed by atoms with Crippen molar-refractivity contribution in [3.63, 3.8) is 0 Å². The number of nitrogens with one attached hydrogen (secondary N) is 1. The molecule has 28 heavy (non-hydrogen) atoms. The number of piperidine rings is 1. The molecule has 1 fully saturated rings. The maximum atomic E-state index is 12.8. The van der Waals surface area contributed by atoms with Crippen LogP contribution < -0.4 is 5.32 Å². The van der Waals surface area contributed by atoms with Crippen LogP contribution in [0.4, 0.5) is 0 Å². The van der Waals surface area contributed by atoms with Gasteiger partial charge in [0, 0.05) is 19.0 Å². The normalized spacial score (nSPS) is 18.4. The van der Waals surface area contributed by atoms with E-state index in [4.69, 9.17) is 0 Å². The lowest BCUT2D eigenvalue weighted by atomic mass is 9.89. The molecule has 0 saturated carbocycles. The number of benzene rings is 1. The summed E-state index contributed by atoms with van der Waals surface area (Å²) in [4.78, 5) is 27.9. The molecule has 2 aliphatic rings. The Hall–Kier alpha value is -2.14. The zero-order valence-electron chi connectivity index (χ0n) is 16.4. The van der Waals surface area contributed by atoms with Crippen molar-refractivity contribution in [3.8, 4) is 0 Å². The number of thiophene rings is 1. The Balaban J connectivity index is 1.31. The monoisotopic (exact) mass is 396 g/mol. The quantitative estimate of drug-likeness (QED) is 0.835. The minimum Gasteiger partial charge on any atom is -0.349 e. The van der Waals surface area contributed by atoms with Crippen LogP contribution in [0.15, 0.2) is 35.7 Å². The molecule has 4 rings (SSSR count). The van der Waals surface area contributed by atoms with Gasteiger partial charge in [-0.15, -0.1) is 11.3 Å². The van der Waals surface area contributed by atoms with E-state index in [1.54, 1.807) is 0 Å². The summed E-state index contributed by atoms with van der Waals surface area (Å²) in [6.45, 7) is 3.38. The standard InChI is InChI=1S/C23H28N2O2S/c1-16(19-9-8-17-5-2-3-6-20(17)15-19)24-22(26)18-10-12-25(13-11-18)23(27)21-7-4-14-28-21/h4,7-9,14-16,18H,2-3,5-6,10-13H2,1H3,(H,24,26). The first-order chi connectivity index (χ1) is 13.6. The molecule has 5 heteroatoms. The van der Waals surface area contributed by atoms with Crippen LogP contribution in [-0.4, -0.2) is 29.8 Å². The zero-order valence-corrected chi connectivity index (χ0v) is 17.3. The first-order valence-electron chi connectivity index (χ1n) is 10.4. The van der Waals surface area contributed by atoms with E-state index in [0.29, 0.717) is 13.1 Å². The number of hydrogen-bond donors (Lipinski definition) is 1. The Morgan fingerprint density at radius 2 is 1.86 bits per heavy atom. The van der Waals surface area contributed by atoms with Gasteiger partial charge >= 0.3 is 0 Å². The first kappa shape index (κ1) is 19.2. The number of carbonyl (C=O) groups is 2. The summed E-state index contributed by atoms with van der Waals surface area (Å²) in [6, 6.07) is 10.5. The lowest BCUT2D eigenvalue weighted by molar-refractivity contribution is -0.126. The lowest BCUT2D eigenvalue weighted by Crippen LogP contribution is -2.43. The number of carbonyl (C=O) groups excluding carboxylic acids is 2. The van der Waals surface area contributed by atoms with Gasteiger partial charge in [-0.05, 0) is 73.6 Å². The Morgan fingerprint density at radius 1 is 1.11 bits per heavy atom. The van der Waals surface area contributed by atoms with Gasteiger partial charge in [0.25, 0.3) is 5.91 Å². The van der Waals surface area contributed by atoms with Crippen LogP contribution in [0, 0.1) is 5.92 Å². The van der Waals surface area contributed by atoms with Crippen LogP contribution in [0.2, 0.25) is 0 Å². The molecule has 1 N–H and O–H groups in total. The second-order valence-corrected chi connectivity index (χ2v) is 8.96. The maximum Gasteiger partial charge on any atom is 0.263 e. The second-order valence-electron chi connectivity index (χ2n) is 8.01. The smallest absolute Gasteiger partial charge is 0.263 e. The topological polar surface area (TPSA) is 49.4 Å². The van der Waals surface area contributed by atoms with E-state index in [0.717, 1.165) is 24.1 Å². The molecule has 1 aromatic heterocycles. The number of rotatable bonds is 4. The highest BCUT2D eigenvalue weighted by Crippen LogP contribution is 2.26. The third kappa shape index (κ3) is 4.14. The molecule has 0 spiro atoms. The van der Waals surface area contributed by atoms with Crippen molar-refractivity contribution in [2.24, 2.45) is 5.92 Å². The summed E-state index contributed by atoms with van der Waals surface area (Å²) in [7, 11) is 0. The largest absolute Gasteiger partial charge is 0.349 e. The number of amides is 2. The van der Waals surface area contributed by atoms with E-state index in [1.165, 1.54) is 47.3 Å². The van der Waals surface area contributed by atoms with Gasteiger partial charge in [0.1, 0.15) is 0 Å². The fourth-order valence-corrected chi connectivity index (χ4v) is 5.03. The van der Waals surface area contributed by atoms with Crippen molar-refractivity contribution in [2.75, 3.05) is 13.1 Å². The molecule has 2 aromatic rings. The van der Waals surface area contributed by atoms with Crippen LogP contribution in [0.1, 0.15) is 65.0 Å². The molecule has 0 bridgehead atoms. The van der Waals surface area contributed by atoms with E-state index < -0.39 is 0 Å². The summed E-state index contributed by atoms with van der Waals surface area (Å²) >= 11 is 1.48. The van der Waals surface area contributed by atoms with Crippen molar-refractivity contribution in [3.05, 3.63) is 57.3 Å². The van der Waals surface area contributed by atoms with Gasteiger partial charge in [-0.3, -0.25) is 9.59 Å². The fraction of sp³-hybridized carbons (Fsp3) is 0.478. The van der Waals surface area contributed by atoms with Gasteiger partial charge in [0.05, 0.1) is 10.9 Å². The van der Waals surface area contributed by atoms with E-state index in [1.807, 2.05) is 22.4 Å². The van der Waals surface area contributed by atoms with Gasteiger partial charge in [0.2, 0.25) is 5.91 Å². The molecule has 1 saturated heterocycles. The molecule has 148 valence electrons. The average Bonchev–Trinajstić information content (AvgIpc) is 3.28. The molecule has 1 aliphatic carbocycles. The summed E-state index contributed by atoms with van der Waals surface area (Å²) < 4.78 is 0. The summed E-state index contributed by atoms with van der Waals surface area (Å²) in [5.41, 5.74) is 4.11. The van der Waals surface area contributed by atoms with Gasteiger partial charge in [-0.25, -0.2) is 0 Å². The molecule has 1 unspecified atom stereocenters. The summed E-state index contributed by atoms with van der Waals surface area (Å²) in [6.07, 6.45) is 6.35. The molecule has 2 heterocycles. The Labute approximate surface area is 170 Å². The maximum absolute atomic E-state index is 12.8. The SMILES string of the molecule is CC(NC(=O)C1CCN(C(=O)c2cccs2)CC1)c1ccc2c(c1)CCCC2. The van der Waals surface area contributed by atoms with Gasteiger partial charge in [-0.2, -0.15) is 0 Å². The molecular formula is C23H28N2O2S. The van der Waals surface area contributed by atoms with Crippen LogP contribution in [0.25, 0.3) is 0 Å². The molecule has 2 amide bonds. The zero-order chi connectivity index (χ0) is 19.5. The Bertz CT molecular complexity index is 838. The van der Waals surface area contributed by atoms with Crippen LogP contribution >= 0.6 is 11.3 Å². The van der Waals surface area contributed by atoms with Crippen molar-refractivity contribution < 1.29 is 9.59 Å². The highest BCUT2D eigenvalue weighted by atomic mass is 32.1. The molecule has 4 nitrogen and oxygen atoms in total. The minimum atomic E-state index is -0.00698. The van der Waals surface area contributed by atoms with E-state index in [9.17, 15) is 9.59 Å². The average molecular weight is 397 g/mol. The summed E-state index contributed by atoms with van der Waals surface area (Å²) in [5.74, 6) is 0.206. The number of aryl methyl sites for hydroxylation is 2. The number of fused-ring (bicyclic) bond motifs is 1. The predicted molar refractivity (Wildman–Crippen MR) is 113 cm³/mol. The predicted octanol–water partition coefficient (Wildman–Crippen LogP) is 4.36. The van der Waals surface area contributed by atoms with Crippen molar-refractivity contribution in [1.29, 1.82) is 0 Å². The highest BCUT2D eigenvalue weighted by molar-refractivity contribution is 7.12. The van der Waals surface area contributed by atoms with Crippen molar-refractivity contribution in [1.82, 2.24) is 10.2 Å². The lowest BCUT2D eigenvalue weighted by Gasteiger charge is -2.31. The first-order valence-corrected chi connectivity index (χ1v) is 11.2.